The lowest BCUT2D eigenvalue weighted by Crippen LogP contribution is -2.40. The molecule has 0 unspecified atom stereocenters. The molecule has 0 bridgehead atoms. The average Bonchev–Trinajstić information content (AvgIpc) is 3.07. The zero-order valence-corrected chi connectivity index (χ0v) is 14.2. The number of sulfonamides is 1. The molecule has 7 heteroatoms. The number of nitrogens with zero attached hydrogens (tertiary/aromatic N) is 1. The van der Waals surface area contributed by atoms with E-state index in [1.54, 1.807) is 12.1 Å². The van der Waals surface area contributed by atoms with Gasteiger partial charge in [-0.05, 0) is 42.8 Å². The molecule has 0 aliphatic carbocycles. The van der Waals surface area contributed by atoms with E-state index in [1.807, 2.05) is 22.7 Å². The lowest BCUT2D eigenvalue weighted by Gasteiger charge is -2.31. The van der Waals surface area contributed by atoms with E-state index < -0.39 is 10.0 Å². The fourth-order valence-corrected chi connectivity index (χ4v) is 5.36. The van der Waals surface area contributed by atoms with Crippen molar-refractivity contribution in [1.82, 2.24) is 9.62 Å². The van der Waals surface area contributed by atoms with Crippen LogP contribution in [0.5, 0.6) is 0 Å². The van der Waals surface area contributed by atoms with Crippen LogP contribution in [0.1, 0.15) is 17.5 Å². The number of fused-ring (bicyclic) bond motifs is 1. The summed E-state index contributed by atoms with van der Waals surface area (Å²) in [4.78, 5) is 14.8. The Kier molecular flexibility index (Phi) is 4.47. The van der Waals surface area contributed by atoms with E-state index in [2.05, 4.69) is 4.72 Å². The maximum atomic E-state index is 12.5. The first-order valence-electron chi connectivity index (χ1n) is 7.44. The molecule has 0 saturated carbocycles. The molecule has 1 aromatic carbocycles. The summed E-state index contributed by atoms with van der Waals surface area (Å²) in [7, 11) is -2.03. The van der Waals surface area contributed by atoms with Crippen LogP contribution in [0.15, 0.2) is 23.1 Å². The molecule has 1 fully saturated rings. The molecule has 2 aliphatic rings. The minimum atomic E-state index is -3.45. The number of benzene rings is 1. The Balaban J connectivity index is 1.85. The first kappa shape index (κ1) is 15.8. The van der Waals surface area contributed by atoms with Crippen molar-refractivity contribution in [3.63, 3.8) is 0 Å². The van der Waals surface area contributed by atoms with Gasteiger partial charge in [-0.15, -0.1) is 0 Å². The minimum Gasteiger partial charge on any atom is -0.338 e. The summed E-state index contributed by atoms with van der Waals surface area (Å²) in [5.41, 5.74) is 1.79. The molecule has 1 amide bonds. The molecule has 1 aromatic rings. The molecule has 0 spiro atoms. The Hall–Kier alpha value is -1.05. The smallest absolute Gasteiger partial charge is 0.240 e. The van der Waals surface area contributed by atoms with Crippen LogP contribution in [0, 0.1) is 5.92 Å². The van der Waals surface area contributed by atoms with E-state index >= 15 is 0 Å². The number of hydrogen-bond donors (Lipinski definition) is 1. The molecule has 2 aliphatic heterocycles. The largest absolute Gasteiger partial charge is 0.338 e. The Morgan fingerprint density at radius 2 is 2.23 bits per heavy atom. The van der Waals surface area contributed by atoms with Crippen LogP contribution in [0.4, 0.5) is 0 Å². The average molecular weight is 340 g/mol. The second-order valence-corrected chi connectivity index (χ2v) is 8.68. The molecule has 1 saturated heterocycles. The molecular formula is C15H20N2O3S2. The van der Waals surface area contributed by atoms with Gasteiger partial charge < -0.3 is 4.90 Å². The molecule has 5 nitrogen and oxygen atoms in total. The lowest BCUT2D eigenvalue weighted by atomic mass is 9.98. The summed E-state index contributed by atoms with van der Waals surface area (Å²) >= 11 is 1.83. The lowest BCUT2D eigenvalue weighted by molar-refractivity contribution is -0.135. The third-order valence-corrected chi connectivity index (χ3v) is 7.03. The maximum absolute atomic E-state index is 12.5. The van der Waals surface area contributed by atoms with Crippen molar-refractivity contribution in [3.8, 4) is 0 Å². The van der Waals surface area contributed by atoms with Gasteiger partial charge in [0.2, 0.25) is 15.9 Å². The highest BCUT2D eigenvalue weighted by molar-refractivity contribution is 7.99. The first-order chi connectivity index (χ1) is 10.5. The predicted octanol–water partition coefficient (Wildman–Crippen LogP) is 1.23. The van der Waals surface area contributed by atoms with E-state index in [9.17, 15) is 13.2 Å². The highest BCUT2D eigenvalue weighted by atomic mass is 32.2. The number of carbonyl (C=O) groups excluding carboxylic acids is 1. The number of carbonyl (C=O) groups is 1. The molecule has 3 rings (SSSR count). The normalized spacial score (nSPS) is 21.7. The fourth-order valence-electron chi connectivity index (χ4n) is 3.11. The van der Waals surface area contributed by atoms with Gasteiger partial charge in [0.15, 0.2) is 0 Å². The third kappa shape index (κ3) is 2.89. The molecule has 0 radical (unpaired) electrons. The quantitative estimate of drug-likeness (QED) is 0.899. The van der Waals surface area contributed by atoms with Gasteiger partial charge >= 0.3 is 0 Å². The van der Waals surface area contributed by atoms with Gasteiger partial charge in [0.05, 0.1) is 4.90 Å². The Labute approximate surface area is 135 Å². The van der Waals surface area contributed by atoms with Crippen molar-refractivity contribution in [3.05, 3.63) is 29.3 Å². The zero-order valence-electron chi connectivity index (χ0n) is 12.5. The van der Waals surface area contributed by atoms with Crippen molar-refractivity contribution in [1.29, 1.82) is 0 Å². The minimum absolute atomic E-state index is 0.135. The van der Waals surface area contributed by atoms with E-state index in [0.717, 1.165) is 29.1 Å². The third-order valence-electron chi connectivity index (χ3n) is 4.37. The topological polar surface area (TPSA) is 66.5 Å². The van der Waals surface area contributed by atoms with Crippen molar-refractivity contribution >= 4 is 27.7 Å². The van der Waals surface area contributed by atoms with Gasteiger partial charge in [-0.25, -0.2) is 13.1 Å². The number of thioether (sulfide) groups is 1. The Morgan fingerprint density at radius 3 is 2.91 bits per heavy atom. The van der Waals surface area contributed by atoms with Crippen LogP contribution < -0.4 is 4.72 Å². The Morgan fingerprint density at radius 1 is 1.41 bits per heavy atom. The highest BCUT2D eigenvalue weighted by Crippen LogP contribution is 2.29. The molecule has 22 heavy (non-hydrogen) atoms. The second-order valence-electron chi connectivity index (χ2n) is 5.67. The van der Waals surface area contributed by atoms with Crippen molar-refractivity contribution in [2.24, 2.45) is 5.92 Å². The van der Waals surface area contributed by atoms with Crippen LogP contribution in [-0.2, 0) is 27.8 Å². The Bertz CT molecular complexity index is 682. The molecule has 0 aromatic heterocycles. The second kappa shape index (κ2) is 6.22. The highest BCUT2D eigenvalue weighted by Gasteiger charge is 2.31. The number of hydrogen-bond acceptors (Lipinski definition) is 4. The van der Waals surface area contributed by atoms with Crippen molar-refractivity contribution in [2.75, 3.05) is 25.1 Å². The SMILES string of the molecule is CNS(=O)(=O)c1cccc2c1CCN(C(=O)[C@H]1CCSC1)C2. The van der Waals surface area contributed by atoms with Gasteiger partial charge in [0.25, 0.3) is 0 Å². The van der Waals surface area contributed by atoms with Crippen LogP contribution in [-0.4, -0.2) is 44.3 Å². The monoisotopic (exact) mass is 340 g/mol. The fraction of sp³-hybridized carbons (Fsp3) is 0.533. The summed E-state index contributed by atoms with van der Waals surface area (Å²) in [6.45, 7) is 1.12. The number of nitrogens with one attached hydrogen (secondary N) is 1. The molecule has 1 atom stereocenters. The van der Waals surface area contributed by atoms with Gasteiger partial charge in [-0.2, -0.15) is 11.8 Å². The summed E-state index contributed by atoms with van der Waals surface area (Å²) in [5, 5.41) is 0. The number of amides is 1. The standard InChI is InChI=1S/C15H20N2O3S2/c1-16-22(19,20)14-4-2-3-11-9-17(7-5-13(11)14)15(18)12-6-8-21-10-12/h2-4,12,16H,5-10H2,1H3/t12-/m0/s1. The molecular weight excluding hydrogens is 320 g/mol. The van der Waals surface area contributed by atoms with Crippen LogP contribution >= 0.6 is 11.8 Å². The summed E-state index contributed by atoms with van der Waals surface area (Å²) in [5.74, 6) is 2.33. The molecule has 2 heterocycles. The zero-order chi connectivity index (χ0) is 15.7. The van der Waals surface area contributed by atoms with Gasteiger partial charge in [-0.3, -0.25) is 4.79 Å². The van der Waals surface area contributed by atoms with E-state index in [-0.39, 0.29) is 11.8 Å². The van der Waals surface area contributed by atoms with Crippen LogP contribution in [0.2, 0.25) is 0 Å². The summed E-state index contributed by atoms with van der Waals surface area (Å²) in [6, 6.07) is 5.31. The van der Waals surface area contributed by atoms with Gasteiger partial charge in [-0.1, -0.05) is 12.1 Å². The first-order valence-corrected chi connectivity index (χ1v) is 10.1. The van der Waals surface area contributed by atoms with Crippen LogP contribution in [0.3, 0.4) is 0 Å². The van der Waals surface area contributed by atoms with Crippen molar-refractivity contribution < 1.29 is 13.2 Å². The summed E-state index contributed by atoms with van der Waals surface area (Å²) in [6.07, 6.45) is 1.55. The van der Waals surface area contributed by atoms with Crippen molar-refractivity contribution in [2.45, 2.75) is 24.3 Å². The van der Waals surface area contributed by atoms with Gasteiger partial charge in [0.1, 0.15) is 0 Å². The van der Waals surface area contributed by atoms with E-state index in [4.69, 9.17) is 0 Å². The van der Waals surface area contributed by atoms with Crippen LogP contribution in [0.25, 0.3) is 0 Å². The molecule has 120 valence electrons. The summed E-state index contributed by atoms with van der Waals surface area (Å²) < 4.78 is 26.6. The molecule has 1 N–H and O–H groups in total. The van der Waals surface area contributed by atoms with E-state index in [1.165, 1.54) is 7.05 Å². The van der Waals surface area contributed by atoms with E-state index in [0.29, 0.717) is 24.4 Å². The van der Waals surface area contributed by atoms with Gasteiger partial charge in [0, 0.05) is 24.8 Å². The maximum Gasteiger partial charge on any atom is 0.240 e. The number of rotatable bonds is 3. The predicted molar refractivity (Wildman–Crippen MR) is 87.2 cm³/mol.